The molecule has 0 unspecified atom stereocenters. The van der Waals surface area contributed by atoms with Crippen LogP contribution in [0, 0.1) is 12.7 Å². The van der Waals surface area contributed by atoms with Crippen molar-refractivity contribution in [1.82, 2.24) is 19.9 Å². The van der Waals surface area contributed by atoms with Crippen LogP contribution in [0.1, 0.15) is 24.0 Å². The Kier molecular flexibility index (Phi) is 8.19. The van der Waals surface area contributed by atoms with Gasteiger partial charge < -0.3 is 21.8 Å². The summed E-state index contributed by atoms with van der Waals surface area (Å²) < 4.78 is 16.0. The van der Waals surface area contributed by atoms with Gasteiger partial charge in [-0.3, -0.25) is 9.69 Å². The molecule has 0 saturated heterocycles. The number of hydrogen-bond acceptors (Lipinski definition) is 8. The summed E-state index contributed by atoms with van der Waals surface area (Å²) in [6.07, 6.45) is 3.21. The van der Waals surface area contributed by atoms with Crippen LogP contribution in [0.4, 0.5) is 15.5 Å². The molecular weight excluding hydrogens is 465 g/mol. The van der Waals surface area contributed by atoms with Crippen LogP contribution in [0.2, 0.25) is 0 Å². The number of benzene rings is 2. The van der Waals surface area contributed by atoms with Crippen molar-refractivity contribution in [2.45, 2.75) is 26.3 Å². The lowest BCUT2D eigenvalue weighted by Gasteiger charge is -2.22. The maximum Gasteiger partial charge on any atom is 0.282 e. The van der Waals surface area contributed by atoms with Gasteiger partial charge in [0.15, 0.2) is 5.13 Å². The number of anilines is 2. The highest BCUT2D eigenvalue weighted by molar-refractivity contribution is 7.22. The lowest BCUT2D eigenvalue weighted by molar-refractivity contribution is 0.258. The third-order valence-electron chi connectivity index (χ3n) is 5.68. The quantitative estimate of drug-likeness (QED) is 0.250. The summed E-state index contributed by atoms with van der Waals surface area (Å²) in [5.74, 6) is -0.0820. The van der Waals surface area contributed by atoms with Gasteiger partial charge in [-0.1, -0.05) is 29.5 Å². The van der Waals surface area contributed by atoms with Crippen LogP contribution < -0.4 is 22.3 Å². The van der Waals surface area contributed by atoms with Crippen molar-refractivity contribution in [3.05, 3.63) is 69.9 Å². The molecule has 2 heterocycles. The first-order chi connectivity index (χ1) is 17.0. The van der Waals surface area contributed by atoms with E-state index in [1.807, 2.05) is 25.1 Å². The van der Waals surface area contributed by atoms with Crippen LogP contribution in [-0.4, -0.2) is 46.0 Å². The van der Waals surface area contributed by atoms with E-state index in [1.54, 1.807) is 18.3 Å². The van der Waals surface area contributed by atoms with Crippen LogP contribution in [0.15, 0.2) is 47.4 Å². The Morgan fingerprint density at radius 3 is 2.54 bits per heavy atom. The van der Waals surface area contributed by atoms with Crippen molar-refractivity contribution in [2.24, 2.45) is 11.5 Å². The molecule has 6 N–H and O–H groups in total. The number of aryl methyl sites for hydroxylation is 1. The molecule has 8 nitrogen and oxygen atoms in total. The standard InChI is InChI=1S/C25H30FN7OS/c1-16-4-7-22-21(12-16)30-25(35-22)32-24-29-14-19(23(34)31-24)17-5-6-18(20(26)13-17)15-33(10-2-8-27)11-3-9-28/h4-7,12-14H,2-3,8-11,15,27-28H2,1H3,(H2,29,30,31,32,34). The van der Waals surface area contributed by atoms with Gasteiger partial charge in [0.1, 0.15) is 5.82 Å². The molecule has 35 heavy (non-hydrogen) atoms. The molecule has 4 rings (SSSR count). The van der Waals surface area contributed by atoms with E-state index in [0.29, 0.717) is 41.5 Å². The fraction of sp³-hybridized carbons (Fsp3) is 0.320. The fourth-order valence-electron chi connectivity index (χ4n) is 3.84. The Hall–Kier alpha value is -3.18. The van der Waals surface area contributed by atoms with Gasteiger partial charge >= 0.3 is 0 Å². The first-order valence-corrected chi connectivity index (χ1v) is 12.4. The minimum atomic E-state index is -0.456. The monoisotopic (exact) mass is 495 g/mol. The van der Waals surface area contributed by atoms with E-state index in [1.165, 1.54) is 17.4 Å². The second kappa shape index (κ2) is 11.5. The molecule has 0 aliphatic carbocycles. The first kappa shape index (κ1) is 24.9. The summed E-state index contributed by atoms with van der Waals surface area (Å²) in [6.45, 7) is 5.21. The van der Waals surface area contributed by atoms with E-state index in [4.69, 9.17) is 11.5 Å². The summed E-state index contributed by atoms with van der Waals surface area (Å²) >= 11 is 1.47. The Bertz CT molecular complexity index is 1350. The second-order valence-corrected chi connectivity index (χ2v) is 9.48. The minimum absolute atomic E-state index is 0.280. The number of nitrogens with two attached hydrogens (primary N) is 2. The van der Waals surface area contributed by atoms with E-state index in [9.17, 15) is 9.18 Å². The van der Waals surface area contributed by atoms with Gasteiger partial charge in [-0.25, -0.2) is 9.37 Å². The van der Waals surface area contributed by atoms with Crippen molar-refractivity contribution in [1.29, 1.82) is 0 Å². The number of rotatable bonds is 11. The van der Waals surface area contributed by atoms with Gasteiger partial charge in [0.25, 0.3) is 5.56 Å². The van der Waals surface area contributed by atoms with Gasteiger partial charge in [0.05, 0.1) is 15.8 Å². The largest absolute Gasteiger partial charge is 0.331 e. The molecule has 10 heteroatoms. The maximum atomic E-state index is 14.9. The van der Waals surface area contributed by atoms with Crippen molar-refractivity contribution >= 4 is 32.6 Å². The van der Waals surface area contributed by atoms with Crippen LogP contribution >= 0.6 is 11.3 Å². The lowest BCUT2D eigenvalue weighted by Crippen LogP contribution is -2.28. The molecule has 2 aromatic heterocycles. The molecular formula is C25H30FN7OS. The zero-order chi connectivity index (χ0) is 24.8. The van der Waals surface area contributed by atoms with E-state index in [2.05, 4.69) is 25.2 Å². The average molecular weight is 496 g/mol. The third kappa shape index (κ3) is 6.29. The summed E-state index contributed by atoms with van der Waals surface area (Å²) in [5, 5.41) is 3.68. The molecule has 0 aliphatic heterocycles. The molecule has 2 aromatic carbocycles. The Balaban J connectivity index is 1.49. The average Bonchev–Trinajstić information content (AvgIpc) is 3.23. The Morgan fingerprint density at radius 1 is 1.09 bits per heavy atom. The zero-order valence-corrected chi connectivity index (χ0v) is 20.5. The summed E-state index contributed by atoms with van der Waals surface area (Å²) in [6, 6.07) is 10.9. The zero-order valence-electron chi connectivity index (χ0n) is 19.7. The van der Waals surface area contributed by atoms with Crippen molar-refractivity contribution < 1.29 is 4.39 Å². The molecule has 0 bridgehead atoms. The number of aromatic amines is 1. The first-order valence-electron chi connectivity index (χ1n) is 11.6. The third-order valence-corrected chi connectivity index (χ3v) is 6.63. The molecule has 0 fully saturated rings. The van der Waals surface area contributed by atoms with E-state index >= 15 is 0 Å². The second-order valence-electron chi connectivity index (χ2n) is 8.45. The van der Waals surface area contributed by atoms with E-state index < -0.39 is 5.56 Å². The number of thiazole rings is 1. The number of halogens is 1. The predicted octanol–water partition coefficient (Wildman–Crippen LogP) is 3.74. The lowest BCUT2D eigenvalue weighted by atomic mass is 10.1. The Morgan fingerprint density at radius 2 is 1.86 bits per heavy atom. The topological polar surface area (TPSA) is 126 Å². The number of aromatic nitrogens is 3. The van der Waals surface area contributed by atoms with Crippen LogP contribution in [0.25, 0.3) is 21.3 Å². The molecule has 0 saturated carbocycles. The molecule has 184 valence electrons. The number of nitrogens with zero attached hydrogens (tertiary/aromatic N) is 3. The Labute approximate surface area is 207 Å². The summed E-state index contributed by atoms with van der Waals surface area (Å²) in [7, 11) is 0. The maximum absolute atomic E-state index is 14.9. The fourth-order valence-corrected chi connectivity index (χ4v) is 4.69. The highest BCUT2D eigenvalue weighted by atomic mass is 32.1. The molecule has 0 radical (unpaired) electrons. The molecule has 0 atom stereocenters. The highest BCUT2D eigenvalue weighted by Crippen LogP contribution is 2.28. The van der Waals surface area contributed by atoms with Crippen molar-refractivity contribution in [2.75, 3.05) is 31.5 Å². The predicted molar refractivity (Wildman–Crippen MR) is 141 cm³/mol. The van der Waals surface area contributed by atoms with Gasteiger partial charge in [0, 0.05) is 18.3 Å². The number of fused-ring (bicyclic) bond motifs is 1. The minimum Gasteiger partial charge on any atom is -0.331 e. The van der Waals surface area contributed by atoms with Gasteiger partial charge in [-0.15, -0.1) is 0 Å². The van der Waals surface area contributed by atoms with Crippen LogP contribution in [0.5, 0.6) is 0 Å². The van der Waals surface area contributed by atoms with Crippen LogP contribution in [0.3, 0.4) is 0 Å². The van der Waals surface area contributed by atoms with Gasteiger partial charge in [-0.05, 0) is 75.3 Å². The number of nitrogens with one attached hydrogen (secondary N) is 2. The van der Waals surface area contributed by atoms with Gasteiger partial charge in [-0.2, -0.15) is 4.98 Å². The normalized spacial score (nSPS) is 11.5. The number of H-pyrrole nitrogens is 1. The van der Waals surface area contributed by atoms with Crippen LogP contribution in [-0.2, 0) is 6.54 Å². The summed E-state index contributed by atoms with van der Waals surface area (Å²) in [4.78, 5) is 26.5. The van der Waals surface area contributed by atoms with Crippen molar-refractivity contribution in [3.8, 4) is 11.1 Å². The van der Waals surface area contributed by atoms with Crippen molar-refractivity contribution in [3.63, 3.8) is 0 Å². The highest BCUT2D eigenvalue weighted by Gasteiger charge is 2.13. The SMILES string of the molecule is Cc1ccc2sc(Nc3nc(=O)c(-c4ccc(CN(CCCN)CCCN)c(F)c4)c[nH]3)nc2c1. The summed E-state index contributed by atoms with van der Waals surface area (Å²) in [5.41, 5.74) is 14.2. The van der Waals surface area contributed by atoms with Gasteiger partial charge in [0.2, 0.25) is 5.95 Å². The molecule has 0 spiro atoms. The smallest absolute Gasteiger partial charge is 0.282 e. The molecule has 0 aliphatic rings. The molecule has 0 amide bonds. The van der Waals surface area contributed by atoms with E-state index in [-0.39, 0.29) is 11.8 Å². The number of hydrogen-bond donors (Lipinski definition) is 4. The van der Waals surface area contributed by atoms with E-state index in [0.717, 1.165) is 41.7 Å². The molecule has 4 aromatic rings.